The third-order valence-electron chi connectivity index (χ3n) is 2.89. The Labute approximate surface area is 129 Å². The van der Waals surface area contributed by atoms with E-state index in [0.29, 0.717) is 5.82 Å². The lowest BCUT2D eigenvalue weighted by Gasteiger charge is -2.04. The number of nitrogens with one attached hydrogen (secondary N) is 1. The van der Waals surface area contributed by atoms with Crippen molar-refractivity contribution in [3.05, 3.63) is 59.3 Å². The van der Waals surface area contributed by atoms with Crippen LogP contribution in [-0.2, 0) is 11.3 Å². The van der Waals surface area contributed by atoms with Gasteiger partial charge in [-0.05, 0) is 24.1 Å². The van der Waals surface area contributed by atoms with Crippen molar-refractivity contribution in [1.29, 1.82) is 0 Å². The van der Waals surface area contributed by atoms with Crippen LogP contribution in [0.25, 0.3) is 0 Å². The molecule has 1 aromatic carbocycles. The van der Waals surface area contributed by atoms with Crippen LogP contribution in [0.3, 0.4) is 0 Å². The highest BCUT2D eigenvalue weighted by molar-refractivity contribution is 5.67. The minimum Gasteiger partial charge on any atom is -0.445 e. The van der Waals surface area contributed by atoms with Gasteiger partial charge in [0.25, 0.3) is 0 Å². The van der Waals surface area contributed by atoms with Crippen molar-refractivity contribution < 1.29 is 9.53 Å². The Morgan fingerprint density at radius 3 is 2.86 bits per heavy atom. The molecule has 2 aromatic rings. The summed E-state index contributed by atoms with van der Waals surface area (Å²) in [5.41, 5.74) is 8.24. The predicted molar refractivity (Wildman–Crippen MR) is 84.9 cm³/mol. The SMILES string of the molecule is Cc1cc(N)ncc1C#CCNC(=O)OCc1ccccc1. The van der Waals surface area contributed by atoms with Gasteiger partial charge < -0.3 is 15.8 Å². The van der Waals surface area contributed by atoms with Crippen molar-refractivity contribution in [3.8, 4) is 11.8 Å². The molecule has 3 N–H and O–H groups in total. The van der Waals surface area contributed by atoms with Crippen LogP contribution in [0.2, 0.25) is 0 Å². The molecule has 1 heterocycles. The van der Waals surface area contributed by atoms with Gasteiger partial charge in [-0.3, -0.25) is 0 Å². The van der Waals surface area contributed by atoms with Gasteiger partial charge in [0.05, 0.1) is 6.54 Å². The van der Waals surface area contributed by atoms with Crippen LogP contribution < -0.4 is 11.1 Å². The second kappa shape index (κ2) is 7.70. The molecule has 5 heteroatoms. The number of hydrogen-bond acceptors (Lipinski definition) is 4. The number of aromatic nitrogens is 1. The topological polar surface area (TPSA) is 77.2 Å². The number of carbonyl (C=O) groups is 1. The molecule has 0 saturated heterocycles. The lowest BCUT2D eigenvalue weighted by Crippen LogP contribution is -2.24. The average Bonchev–Trinajstić information content (AvgIpc) is 2.52. The minimum absolute atomic E-state index is 0.206. The number of aryl methyl sites for hydroxylation is 1. The molecule has 0 aliphatic heterocycles. The third kappa shape index (κ3) is 4.84. The van der Waals surface area contributed by atoms with E-state index < -0.39 is 6.09 Å². The fourth-order valence-corrected chi connectivity index (χ4v) is 1.74. The number of hydrogen-bond donors (Lipinski definition) is 2. The normalized spacial score (nSPS) is 9.50. The summed E-state index contributed by atoms with van der Waals surface area (Å²) < 4.78 is 5.07. The second-order valence-electron chi connectivity index (χ2n) is 4.64. The number of alkyl carbamates (subject to hydrolysis) is 1. The highest BCUT2D eigenvalue weighted by Gasteiger charge is 2.00. The highest BCUT2D eigenvalue weighted by Crippen LogP contribution is 2.07. The first-order valence-corrected chi connectivity index (χ1v) is 6.80. The van der Waals surface area contributed by atoms with E-state index in [4.69, 9.17) is 10.5 Å². The first-order chi connectivity index (χ1) is 10.6. The summed E-state index contributed by atoms with van der Waals surface area (Å²) >= 11 is 0. The number of rotatable bonds is 3. The van der Waals surface area contributed by atoms with Gasteiger partial charge in [-0.25, -0.2) is 9.78 Å². The van der Waals surface area contributed by atoms with Gasteiger partial charge in [-0.15, -0.1) is 0 Å². The molecule has 0 unspecified atom stereocenters. The van der Waals surface area contributed by atoms with Gasteiger partial charge in [0.15, 0.2) is 0 Å². The summed E-state index contributed by atoms with van der Waals surface area (Å²) in [5, 5.41) is 2.57. The molecule has 22 heavy (non-hydrogen) atoms. The number of nitrogen functional groups attached to an aromatic ring is 1. The van der Waals surface area contributed by atoms with E-state index in [1.807, 2.05) is 37.3 Å². The van der Waals surface area contributed by atoms with Gasteiger partial charge in [0.2, 0.25) is 0 Å². The van der Waals surface area contributed by atoms with E-state index in [0.717, 1.165) is 16.7 Å². The number of pyridine rings is 1. The van der Waals surface area contributed by atoms with E-state index in [1.54, 1.807) is 12.3 Å². The molecule has 2 rings (SSSR count). The summed E-state index contributed by atoms with van der Waals surface area (Å²) in [7, 11) is 0. The van der Waals surface area contributed by atoms with Crippen LogP contribution in [0.15, 0.2) is 42.6 Å². The van der Waals surface area contributed by atoms with Crippen LogP contribution in [0.1, 0.15) is 16.7 Å². The van der Waals surface area contributed by atoms with Gasteiger partial charge in [0.1, 0.15) is 12.4 Å². The number of anilines is 1. The number of carbonyl (C=O) groups excluding carboxylic acids is 1. The number of ether oxygens (including phenoxy) is 1. The maximum Gasteiger partial charge on any atom is 0.408 e. The van der Waals surface area contributed by atoms with Crippen molar-refractivity contribution >= 4 is 11.9 Å². The zero-order valence-corrected chi connectivity index (χ0v) is 12.3. The fraction of sp³-hybridized carbons (Fsp3) is 0.176. The van der Waals surface area contributed by atoms with E-state index in [1.165, 1.54) is 0 Å². The number of nitrogens with two attached hydrogens (primary N) is 1. The zero-order chi connectivity index (χ0) is 15.8. The first-order valence-electron chi connectivity index (χ1n) is 6.80. The number of benzene rings is 1. The molecule has 1 aromatic heterocycles. The van der Waals surface area contributed by atoms with Crippen LogP contribution in [0.5, 0.6) is 0 Å². The van der Waals surface area contributed by atoms with Crippen molar-refractivity contribution in [2.75, 3.05) is 12.3 Å². The average molecular weight is 295 g/mol. The molecule has 0 saturated carbocycles. The lowest BCUT2D eigenvalue weighted by atomic mass is 10.1. The zero-order valence-electron chi connectivity index (χ0n) is 12.3. The Bertz CT molecular complexity index is 703. The molecular weight excluding hydrogens is 278 g/mol. The molecular formula is C17H17N3O2. The molecule has 0 bridgehead atoms. The third-order valence-corrected chi connectivity index (χ3v) is 2.89. The molecule has 0 aliphatic rings. The Kier molecular flexibility index (Phi) is 5.38. The molecule has 0 atom stereocenters. The second-order valence-corrected chi connectivity index (χ2v) is 4.64. The van der Waals surface area contributed by atoms with E-state index in [-0.39, 0.29) is 13.2 Å². The molecule has 5 nitrogen and oxygen atoms in total. The van der Waals surface area contributed by atoms with Gasteiger partial charge in [-0.1, -0.05) is 42.2 Å². The molecule has 0 radical (unpaired) electrons. The van der Waals surface area contributed by atoms with E-state index in [9.17, 15) is 4.79 Å². The fourth-order valence-electron chi connectivity index (χ4n) is 1.74. The minimum atomic E-state index is -0.495. The molecule has 0 fully saturated rings. The van der Waals surface area contributed by atoms with Crippen molar-refractivity contribution in [3.63, 3.8) is 0 Å². The molecule has 0 aliphatic carbocycles. The summed E-state index contributed by atoms with van der Waals surface area (Å²) in [6.45, 7) is 2.35. The molecule has 1 amide bonds. The standard InChI is InChI=1S/C17H17N3O2/c1-13-10-16(18)20-11-15(13)8-5-9-19-17(21)22-12-14-6-3-2-4-7-14/h2-4,6-7,10-11H,9,12H2,1H3,(H2,18,20)(H,19,21). The number of nitrogens with zero attached hydrogens (tertiary/aromatic N) is 1. The number of amides is 1. The Morgan fingerprint density at radius 1 is 1.36 bits per heavy atom. The monoisotopic (exact) mass is 295 g/mol. The Morgan fingerprint density at radius 2 is 2.14 bits per heavy atom. The van der Waals surface area contributed by atoms with Crippen molar-refractivity contribution in [2.45, 2.75) is 13.5 Å². The van der Waals surface area contributed by atoms with Crippen LogP contribution in [-0.4, -0.2) is 17.6 Å². The van der Waals surface area contributed by atoms with Crippen LogP contribution in [0.4, 0.5) is 10.6 Å². The summed E-state index contributed by atoms with van der Waals surface area (Å²) in [5.74, 6) is 6.24. The van der Waals surface area contributed by atoms with Gasteiger partial charge >= 0.3 is 6.09 Å². The van der Waals surface area contributed by atoms with Crippen LogP contribution in [0, 0.1) is 18.8 Å². The first kappa shape index (κ1) is 15.4. The largest absolute Gasteiger partial charge is 0.445 e. The quantitative estimate of drug-likeness (QED) is 0.851. The highest BCUT2D eigenvalue weighted by atomic mass is 16.5. The maximum atomic E-state index is 11.5. The maximum absolute atomic E-state index is 11.5. The Balaban J connectivity index is 1.76. The van der Waals surface area contributed by atoms with Crippen molar-refractivity contribution in [1.82, 2.24) is 10.3 Å². The predicted octanol–water partition coefficient (Wildman–Crippen LogP) is 2.25. The summed E-state index contributed by atoms with van der Waals surface area (Å²) in [6.07, 6.45) is 1.12. The van der Waals surface area contributed by atoms with Crippen LogP contribution >= 0.6 is 0 Å². The lowest BCUT2D eigenvalue weighted by molar-refractivity contribution is 0.141. The van der Waals surface area contributed by atoms with E-state index in [2.05, 4.69) is 22.1 Å². The molecule has 0 spiro atoms. The Hall–Kier alpha value is -3.00. The smallest absolute Gasteiger partial charge is 0.408 e. The van der Waals surface area contributed by atoms with Crippen molar-refractivity contribution in [2.24, 2.45) is 0 Å². The van der Waals surface area contributed by atoms with E-state index >= 15 is 0 Å². The molecule has 112 valence electrons. The summed E-state index contributed by atoms with van der Waals surface area (Å²) in [6, 6.07) is 11.2. The van der Waals surface area contributed by atoms with Gasteiger partial charge in [-0.2, -0.15) is 0 Å². The summed E-state index contributed by atoms with van der Waals surface area (Å²) in [4.78, 5) is 15.5. The van der Waals surface area contributed by atoms with Gasteiger partial charge in [0, 0.05) is 11.8 Å².